The quantitative estimate of drug-likeness (QED) is 0.245. The van der Waals surface area contributed by atoms with Crippen molar-refractivity contribution in [2.24, 2.45) is 0 Å². The van der Waals surface area contributed by atoms with Gasteiger partial charge in [0.05, 0.1) is 22.9 Å². The number of carbonyl (C=O) groups is 1. The molecule has 0 aliphatic heterocycles. The van der Waals surface area contributed by atoms with Crippen LogP contribution in [0.4, 0.5) is 17.6 Å². The minimum absolute atomic E-state index is 0.0516. The standard InChI is InChI=1S/C27H28F4N2O/c1-15(2)32-13-23(19-7-5-17(30)9-25(19)32)21(11-28)27(34)22(12-29)24-14-33(16(3)4)26-10-18(31)6-8-20(24)26/h5-10,13-16,21-22H,11-12H2,1-4H3. The van der Waals surface area contributed by atoms with Crippen molar-refractivity contribution in [3.05, 3.63) is 71.6 Å². The average Bonchev–Trinajstić information content (AvgIpc) is 3.34. The van der Waals surface area contributed by atoms with E-state index >= 15 is 0 Å². The van der Waals surface area contributed by atoms with Gasteiger partial charge in [-0.05, 0) is 75.2 Å². The summed E-state index contributed by atoms with van der Waals surface area (Å²) < 4.78 is 60.4. The van der Waals surface area contributed by atoms with Crippen LogP contribution in [0, 0.1) is 11.6 Å². The number of aromatic nitrogens is 2. The number of Topliss-reactive ketones (excluding diaryl/α,β-unsaturated/α-hetero) is 1. The second kappa shape index (κ2) is 9.28. The number of fused-ring (bicyclic) bond motifs is 2. The van der Waals surface area contributed by atoms with Gasteiger partial charge in [-0.1, -0.05) is 0 Å². The van der Waals surface area contributed by atoms with Crippen molar-refractivity contribution < 1.29 is 22.4 Å². The third kappa shape index (κ3) is 4.01. The highest BCUT2D eigenvalue weighted by Crippen LogP contribution is 2.38. The van der Waals surface area contributed by atoms with Crippen LogP contribution in [0.2, 0.25) is 0 Å². The molecule has 4 rings (SSSR count). The fourth-order valence-electron chi connectivity index (χ4n) is 4.78. The molecule has 0 spiro atoms. The third-order valence-corrected chi connectivity index (χ3v) is 6.51. The van der Waals surface area contributed by atoms with Gasteiger partial charge in [0.1, 0.15) is 25.0 Å². The molecule has 0 radical (unpaired) electrons. The molecule has 2 aromatic heterocycles. The highest BCUT2D eigenvalue weighted by atomic mass is 19.1. The van der Waals surface area contributed by atoms with Crippen LogP contribution >= 0.6 is 0 Å². The summed E-state index contributed by atoms with van der Waals surface area (Å²) in [4.78, 5) is 13.6. The Bertz CT molecular complexity index is 1250. The zero-order valence-corrected chi connectivity index (χ0v) is 19.7. The van der Waals surface area contributed by atoms with E-state index in [-0.39, 0.29) is 12.1 Å². The van der Waals surface area contributed by atoms with Gasteiger partial charge in [0.2, 0.25) is 0 Å². The monoisotopic (exact) mass is 472 g/mol. The Hall–Kier alpha value is -3.09. The molecule has 0 bridgehead atoms. The van der Waals surface area contributed by atoms with Gasteiger partial charge in [0, 0.05) is 35.2 Å². The van der Waals surface area contributed by atoms with E-state index in [0.29, 0.717) is 32.9 Å². The summed E-state index contributed by atoms with van der Waals surface area (Å²) in [7, 11) is 0. The van der Waals surface area contributed by atoms with Crippen LogP contribution in [-0.4, -0.2) is 28.3 Å². The predicted octanol–water partition coefficient (Wildman–Crippen LogP) is 7.41. The molecule has 2 atom stereocenters. The lowest BCUT2D eigenvalue weighted by atomic mass is 9.84. The van der Waals surface area contributed by atoms with Crippen LogP contribution in [0.25, 0.3) is 21.8 Å². The molecule has 34 heavy (non-hydrogen) atoms. The van der Waals surface area contributed by atoms with E-state index in [0.717, 1.165) is 0 Å². The third-order valence-electron chi connectivity index (χ3n) is 6.51. The molecule has 180 valence electrons. The Morgan fingerprint density at radius 2 is 1.12 bits per heavy atom. The molecular formula is C27H28F4N2O. The van der Waals surface area contributed by atoms with E-state index in [1.807, 2.05) is 27.7 Å². The van der Waals surface area contributed by atoms with Gasteiger partial charge in [-0.3, -0.25) is 4.79 Å². The molecule has 2 aromatic carbocycles. The Balaban J connectivity index is 1.84. The van der Waals surface area contributed by atoms with Gasteiger partial charge in [-0.15, -0.1) is 0 Å². The van der Waals surface area contributed by atoms with Crippen LogP contribution < -0.4 is 0 Å². The summed E-state index contributed by atoms with van der Waals surface area (Å²) in [6.45, 7) is 5.60. The molecule has 0 saturated heterocycles. The molecule has 4 aromatic rings. The molecule has 0 aliphatic rings. The zero-order valence-electron chi connectivity index (χ0n) is 19.7. The topological polar surface area (TPSA) is 26.9 Å². The second-order valence-electron chi connectivity index (χ2n) is 9.31. The van der Waals surface area contributed by atoms with E-state index in [9.17, 15) is 22.4 Å². The van der Waals surface area contributed by atoms with E-state index in [1.165, 1.54) is 36.4 Å². The van der Waals surface area contributed by atoms with Gasteiger partial charge in [0.15, 0.2) is 5.78 Å². The van der Waals surface area contributed by atoms with Crippen LogP contribution in [0.15, 0.2) is 48.8 Å². The van der Waals surface area contributed by atoms with E-state index in [1.54, 1.807) is 21.5 Å². The molecular weight excluding hydrogens is 444 g/mol. The molecule has 2 heterocycles. The van der Waals surface area contributed by atoms with Crippen LogP contribution in [0.3, 0.4) is 0 Å². The first-order chi connectivity index (χ1) is 16.2. The minimum Gasteiger partial charge on any atom is -0.345 e. The molecule has 7 heteroatoms. The van der Waals surface area contributed by atoms with Crippen molar-refractivity contribution in [3.8, 4) is 0 Å². The molecule has 3 nitrogen and oxygen atoms in total. The average molecular weight is 473 g/mol. The van der Waals surface area contributed by atoms with Crippen LogP contribution in [0.1, 0.15) is 62.7 Å². The Kier molecular flexibility index (Phi) is 6.56. The number of rotatable bonds is 8. The summed E-state index contributed by atoms with van der Waals surface area (Å²) in [6.07, 6.45) is 3.33. The van der Waals surface area contributed by atoms with Gasteiger partial charge in [-0.2, -0.15) is 0 Å². The maximum atomic E-state index is 14.4. The lowest BCUT2D eigenvalue weighted by Gasteiger charge is -2.18. The van der Waals surface area contributed by atoms with Crippen LogP contribution in [-0.2, 0) is 4.79 Å². The van der Waals surface area contributed by atoms with Crippen molar-refractivity contribution in [1.82, 2.24) is 9.13 Å². The van der Waals surface area contributed by atoms with Crippen molar-refractivity contribution in [1.29, 1.82) is 0 Å². The number of nitrogens with zero attached hydrogens (tertiary/aromatic N) is 2. The Morgan fingerprint density at radius 1 is 0.735 bits per heavy atom. The van der Waals surface area contributed by atoms with E-state index in [2.05, 4.69) is 0 Å². The molecule has 0 fully saturated rings. The lowest BCUT2D eigenvalue weighted by molar-refractivity contribution is -0.122. The maximum Gasteiger partial charge on any atom is 0.153 e. The van der Waals surface area contributed by atoms with Gasteiger partial charge in [0.25, 0.3) is 0 Å². The van der Waals surface area contributed by atoms with Gasteiger partial charge in [-0.25, -0.2) is 17.6 Å². The van der Waals surface area contributed by atoms with Crippen molar-refractivity contribution >= 4 is 27.6 Å². The van der Waals surface area contributed by atoms with Gasteiger partial charge < -0.3 is 9.13 Å². The van der Waals surface area contributed by atoms with Gasteiger partial charge >= 0.3 is 0 Å². The molecule has 0 aliphatic carbocycles. The Morgan fingerprint density at radius 3 is 1.44 bits per heavy atom. The van der Waals surface area contributed by atoms with Crippen molar-refractivity contribution in [2.75, 3.05) is 13.3 Å². The number of carbonyl (C=O) groups excluding carboxylic acids is 1. The number of hydrogen-bond donors (Lipinski definition) is 0. The number of alkyl halides is 2. The summed E-state index contributed by atoms with van der Waals surface area (Å²) in [5.41, 5.74) is 1.93. The van der Waals surface area contributed by atoms with E-state index < -0.39 is 42.6 Å². The maximum absolute atomic E-state index is 14.4. The highest BCUT2D eigenvalue weighted by molar-refractivity contribution is 6.00. The normalized spacial score (nSPS) is 13.9. The van der Waals surface area contributed by atoms with E-state index in [4.69, 9.17) is 0 Å². The summed E-state index contributed by atoms with van der Waals surface area (Å²) in [5.74, 6) is -3.89. The molecule has 2 unspecified atom stereocenters. The first-order valence-electron chi connectivity index (χ1n) is 11.4. The first-order valence-corrected chi connectivity index (χ1v) is 11.4. The number of halogens is 4. The SMILES string of the molecule is CC(C)n1cc(C(CF)C(=O)C(CF)c2cn(C(C)C)c3cc(F)ccc23)c2ccc(F)cc21. The second-order valence-corrected chi connectivity index (χ2v) is 9.31. The fraction of sp³-hybridized carbons (Fsp3) is 0.370. The summed E-state index contributed by atoms with van der Waals surface area (Å²) in [6, 6.07) is 8.22. The molecule has 0 saturated carbocycles. The van der Waals surface area contributed by atoms with Crippen LogP contribution in [0.5, 0.6) is 0 Å². The lowest BCUT2D eigenvalue weighted by Crippen LogP contribution is -2.23. The van der Waals surface area contributed by atoms with Crippen molar-refractivity contribution in [2.45, 2.75) is 51.6 Å². The molecule has 0 N–H and O–H groups in total. The fourth-order valence-corrected chi connectivity index (χ4v) is 4.78. The highest BCUT2D eigenvalue weighted by Gasteiger charge is 2.34. The minimum atomic E-state index is -1.22. The predicted molar refractivity (Wildman–Crippen MR) is 127 cm³/mol. The molecule has 0 amide bonds. The number of benzene rings is 2. The number of ketones is 1. The zero-order chi connectivity index (χ0) is 24.7. The largest absolute Gasteiger partial charge is 0.345 e. The number of hydrogen-bond acceptors (Lipinski definition) is 1. The Labute approximate surface area is 196 Å². The first kappa shape index (κ1) is 24.0. The smallest absolute Gasteiger partial charge is 0.153 e. The summed E-state index contributed by atoms with van der Waals surface area (Å²) >= 11 is 0. The summed E-state index contributed by atoms with van der Waals surface area (Å²) in [5, 5.41) is 1.13. The van der Waals surface area contributed by atoms with Crippen molar-refractivity contribution in [3.63, 3.8) is 0 Å².